The van der Waals surface area contributed by atoms with Gasteiger partial charge in [-0.3, -0.25) is 0 Å². The summed E-state index contributed by atoms with van der Waals surface area (Å²) >= 11 is 0. The van der Waals surface area contributed by atoms with Crippen molar-refractivity contribution in [3.8, 4) is 0 Å². The van der Waals surface area contributed by atoms with E-state index >= 15 is 0 Å². The summed E-state index contributed by atoms with van der Waals surface area (Å²) < 4.78 is 0. The Labute approximate surface area is 121 Å². The maximum Gasteiger partial charge on any atom is 0.00952 e. The number of hydrogen-bond donors (Lipinski definition) is 1. The lowest BCUT2D eigenvalue weighted by atomic mass is 9.76. The van der Waals surface area contributed by atoms with Crippen molar-refractivity contribution in [2.75, 3.05) is 6.54 Å². The van der Waals surface area contributed by atoms with Crippen molar-refractivity contribution in [1.82, 2.24) is 5.32 Å². The van der Waals surface area contributed by atoms with Crippen LogP contribution in [-0.2, 0) is 0 Å². The van der Waals surface area contributed by atoms with Gasteiger partial charge in [0.25, 0.3) is 0 Å². The number of hydrogen-bond acceptors (Lipinski definition) is 1. The maximum atomic E-state index is 3.82. The predicted molar refractivity (Wildman–Crippen MR) is 86.5 cm³/mol. The average molecular weight is 268 g/mol. The summed E-state index contributed by atoms with van der Waals surface area (Å²) in [6, 6.07) is 0.781. The monoisotopic (exact) mass is 267 g/mol. The van der Waals surface area contributed by atoms with E-state index in [4.69, 9.17) is 0 Å². The summed E-state index contributed by atoms with van der Waals surface area (Å²) in [5, 5.41) is 3.82. The maximum absolute atomic E-state index is 3.82. The average Bonchev–Trinajstić information content (AvgIpc) is 2.59. The molecule has 0 aliphatic heterocycles. The summed E-state index contributed by atoms with van der Waals surface area (Å²) in [6.45, 7) is 13.1. The Hall–Kier alpha value is -0.0400. The molecule has 0 amide bonds. The lowest BCUT2D eigenvalue weighted by Crippen LogP contribution is -2.36. The highest BCUT2D eigenvalue weighted by molar-refractivity contribution is 4.83. The fourth-order valence-electron chi connectivity index (χ4n) is 3.74. The van der Waals surface area contributed by atoms with E-state index in [1.165, 1.54) is 57.9 Å². The highest BCUT2D eigenvalue weighted by atomic mass is 14.9. The number of nitrogens with one attached hydrogen (secondary N) is 1. The molecule has 0 saturated heterocycles. The van der Waals surface area contributed by atoms with Crippen LogP contribution in [0.3, 0.4) is 0 Å². The van der Waals surface area contributed by atoms with Gasteiger partial charge in [-0.1, -0.05) is 47.5 Å². The summed E-state index contributed by atoms with van der Waals surface area (Å²) in [5.74, 6) is 1.87. The Kier molecular flexibility index (Phi) is 7.42. The third kappa shape index (κ3) is 5.85. The van der Waals surface area contributed by atoms with Crippen molar-refractivity contribution in [2.24, 2.45) is 17.3 Å². The van der Waals surface area contributed by atoms with E-state index < -0.39 is 0 Å². The second-order valence-corrected chi connectivity index (χ2v) is 7.68. The first-order chi connectivity index (χ1) is 8.99. The second-order valence-electron chi connectivity index (χ2n) is 7.68. The van der Waals surface area contributed by atoms with Crippen molar-refractivity contribution >= 4 is 0 Å². The minimum Gasteiger partial charge on any atom is -0.314 e. The molecular formula is C18H37N. The molecule has 114 valence electrons. The minimum absolute atomic E-state index is 0.506. The quantitative estimate of drug-likeness (QED) is 0.636. The highest BCUT2D eigenvalue weighted by Gasteiger charge is 2.30. The first-order valence-corrected chi connectivity index (χ1v) is 8.72. The van der Waals surface area contributed by atoms with Gasteiger partial charge in [-0.2, -0.15) is 0 Å². The lowest BCUT2D eigenvalue weighted by Gasteiger charge is -2.30. The lowest BCUT2D eigenvalue weighted by molar-refractivity contribution is 0.209. The fraction of sp³-hybridized carbons (Fsp3) is 1.00. The Bertz CT molecular complexity index is 228. The molecule has 0 aromatic rings. The van der Waals surface area contributed by atoms with Crippen LogP contribution < -0.4 is 5.32 Å². The van der Waals surface area contributed by atoms with E-state index in [0.29, 0.717) is 5.41 Å². The van der Waals surface area contributed by atoms with E-state index in [-0.39, 0.29) is 0 Å². The van der Waals surface area contributed by atoms with Gasteiger partial charge in [-0.15, -0.1) is 0 Å². The second kappa shape index (κ2) is 8.29. The molecule has 1 N–H and O–H groups in total. The molecule has 3 atom stereocenters. The molecule has 1 rings (SSSR count). The van der Waals surface area contributed by atoms with Crippen LogP contribution in [0.4, 0.5) is 0 Å². The molecule has 3 unspecified atom stereocenters. The van der Waals surface area contributed by atoms with Crippen molar-refractivity contribution in [2.45, 2.75) is 92.0 Å². The topological polar surface area (TPSA) is 12.0 Å². The number of rotatable bonds is 6. The third-order valence-electron chi connectivity index (χ3n) is 5.06. The first-order valence-electron chi connectivity index (χ1n) is 8.72. The van der Waals surface area contributed by atoms with Crippen LogP contribution in [0.1, 0.15) is 86.0 Å². The summed E-state index contributed by atoms with van der Waals surface area (Å²) in [5.41, 5.74) is 0.506. The molecule has 1 nitrogen and oxygen atoms in total. The van der Waals surface area contributed by atoms with E-state index in [1.54, 1.807) is 0 Å². The van der Waals surface area contributed by atoms with Crippen LogP contribution in [0.5, 0.6) is 0 Å². The normalized spacial score (nSPS) is 27.0. The standard InChI is InChI=1S/C18H37N/c1-6-9-17(19-14-7-2)15-10-8-11-16(13-12-15)18(3,4)5/h15-17,19H,6-14H2,1-5H3. The van der Waals surface area contributed by atoms with Gasteiger partial charge in [-0.25, -0.2) is 0 Å². The van der Waals surface area contributed by atoms with E-state index in [1.807, 2.05) is 0 Å². The van der Waals surface area contributed by atoms with Gasteiger partial charge in [-0.05, 0) is 62.3 Å². The van der Waals surface area contributed by atoms with Crippen LogP contribution in [0.2, 0.25) is 0 Å². The molecule has 0 aromatic heterocycles. The summed E-state index contributed by atoms with van der Waals surface area (Å²) in [7, 11) is 0. The van der Waals surface area contributed by atoms with Crippen LogP contribution >= 0.6 is 0 Å². The Morgan fingerprint density at radius 2 is 1.74 bits per heavy atom. The van der Waals surface area contributed by atoms with Gasteiger partial charge in [0.1, 0.15) is 0 Å². The van der Waals surface area contributed by atoms with Crippen molar-refractivity contribution in [3.05, 3.63) is 0 Å². The van der Waals surface area contributed by atoms with Crippen LogP contribution in [0.15, 0.2) is 0 Å². The SMILES string of the molecule is CCCNC(CCC)C1CCCC(C(C)(C)C)CC1. The molecule has 0 heterocycles. The largest absolute Gasteiger partial charge is 0.314 e. The fourth-order valence-corrected chi connectivity index (χ4v) is 3.74. The zero-order chi connectivity index (χ0) is 14.3. The molecule has 1 fully saturated rings. The van der Waals surface area contributed by atoms with Gasteiger partial charge < -0.3 is 5.32 Å². The van der Waals surface area contributed by atoms with Crippen molar-refractivity contribution in [3.63, 3.8) is 0 Å². The minimum atomic E-state index is 0.506. The molecule has 1 saturated carbocycles. The van der Waals surface area contributed by atoms with Gasteiger partial charge in [0.15, 0.2) is 0 Å². The molecule has 1 aliphatic carbocycles. The molecule has 0 aromatic carbocycles. The molecule has 0 spiro atoms. The zero-order valence-corrected chi connectivity index (χ0v) is 14.1. The first kappa shape index (κ1) is 17.0. The molecule has 19 heavy (non-hydrogen) atoms. The smallest absolute Gasteiger partial charge is 0.00952 e. The van der Waals surface area contributed by atoms with Gasteiger partial charge in [0.2, 0.25) is 0 Å². The molecule has 1 aliphatic rings. The van der Waals surface area contributed by atoms with E-state index in [2.05, 4.69) is 39.9 Å². The Morgan fingerprint density at radius 1 is 1.00 bits per heavy atom. The van der Waals surface area contributed by atoms with Crippen LogP contribution in [0, 0.1) is 17.3 Å². The molecular weight excluding hydrogens is 230 g/mol. The van der Waals surface area contributed by atoms with Crippen LogP contribution in [0.25, 0.3) is 0 Å². The van der Waals surface area contributed by atoms with E-state index in [0.717, 1.165) is 17.9 Å². The molecule has 0 bridgehead atoms. The third-order valence-corrected chi connectivity index (χ3v) is 5.06. The molecule has 0 radical (unpaired) electrons. The predicted octanol–water partition coefficient (Wildman–Crippen LogP) is 5.40. The highest BCUT2D eigenvalue weighted by Crippen LogP contribution is 2.39. The zero-order valence-electron chi connectivity index (χ0n) is 14.1. The van der Waals surface area contributed by atoms with Crippen molar-refractivity contribution in [1.29, 1.82) is 0 Å². The van der Waals surface area contributed by atoms with E-state index in [9.17, 15) is 0 Å². The van der Waals surface area contributed by atoms with Gasteiger partial charge in [0, 0.05) is 6.04 Å². The Balaban J connectivity index is 2.53. The molecule has 1 heteroatoms. The van der Waals surface area contributed by atoms with Crippen molar-refractivity contribution < 1.29 is 0 Å². The van der Waals surface area contributed by atoms with Gasteiger partial charge >= 0.3 is 0 Å². The van der Waals surface area contributed by atoms with Crippen LogP contribution in [-0.4, -0.2) is 12.6 Å². The Morgan fingerprint density at radius 3 is 2.32 bits per heavy atom. The summed E-state index contributed by atoms with van der Waals surface area (Å²) in [6.07, 6.45) is 11.2. The summed E-state index contributed by atoms with van der Waals surface area (Å²) in [4.78, 5) is 0. The van der Waals surface area contributed by atoms with Gasteiger partial charge in [0.05, 0.1) is 0 Å².